The molecule has 0 spiro atoms. The molecule has 2 aromatic carbocycles. The number of ketones is 1. The number of aryl methyl sites for hydroxylation is 1. The van der Waals surface area contributed by atoms with Crippen LogP contribution in [0.4, 0.5) is 0 Å². The van der Waals surface area contributed by atoms with E-state index in [2.05, 4.69) is 0 Å². The smallest absolute Gasteiger partial charge is 0.231 e. The van der Waals surface area contributed by atoms with Gasteiger partial charge in [-0.15, -0.1) is 0 Å². The summed E-state index contributed by atoms with van der Waals surface area (Å²) >= 11 is 0. The van der Waals surface area contributed by atoms with Crippen LogP contribution in [-0.2, 0) is 7.05 Å². The second-order valence-electron chi connectivity index (χ2n) is 6.16. The Kier molecular flexibility index (Phi) is 3.74. The summed E-state index contributed by atoms with van der Waals surface area (Å²) in [6.07, 6.45) is 3.76. The number of hydrogen-bond donors (Lipinski definition) is 0. The molecule has 3 aromatic rings. The quantitative estimate of drug-likeness (QED) is 0.674. The van der Waals surface area contributed by atoms with E-state index in [0.717, 1.165) is 16.5 Å². The molecule has 2 heterocycles. The number of allylic oxidation sites excluding steroid dienone is 1. The van der Waals surface area contributed by atoms with Crippen molar-refractivity contribution in [3.8, 4) is 17.6 Å². The maximum atomic E-state index is 12.7. The Morgan fingerprint density at radius 2 is 2.08 bits per heavy atom. The number of nitrogens with zero attached hydrogens (tertiary/aromatic N) is 2. The number of nitriles is 1. The van der Waals surface area contributed by atoms with Crippen LogP contribution in [0.3, 0.4) is 0 Å². The number of aromatic nitrogens is 1. The van der Waals surface area contributed by atoms with E-state index in [0.29, 0.717) is 22.6 Å². The van der Waals surface area contributed by atoms with Crippen LogP contribution in [0, 0.1) is 18.3 Å². The number of ether oxygens (including phenoxy) is 2. The predicted molar refractivity (Wildman–Crippen MR) is 98.1 cm³/mol. The van der Waals surface area contributed by atoms with Crippen molar-refractivity contribution in [3.63, 3.8) is 0 Å². The van der Waals surface area contributed by atoms with E-state index < -0.39 is 0 Å². The van der Waals surface area contributed by atoms with Gasteiger partial charge in [0, 0.05) is 35.3 Å². The van der Waals surface area contributed by atoms with E-state index in [-0.39, 0.29) is 18.1 Å². The Labute approximate surface area is 150 Å². The highest BCUT2D eigenvalue weighted by Crippen LogP contribution is 2.39. The SMILES string of the molecule is Cc1c(OCC#N)ccc2c1O/C(=C\c1cn(C)c3ccccc13)C2=O. The van der Waals surface area contributed by atoms with Gasteiger partial charge in [0.2, 0.25) is 5.78 Å². The lowest BCUT2D eigenvalue weighted by Gasteiger charge is -2.08. The van der Waals surface area contributed by atoms with Crippen LogP contribution in [0.1, 0.15) is 21.5 Å². The van der Waals surface area contributed by atoms with Crippen LogP contribution in [0.25, 0.3) is 17.0 Å². The van der Waals surface area contributed by atoms with Crippen molar-refractivity contribution in [2.24, 2.45) is 7.05 Å². The molecule has 128 valence electrons. The minimum Gasteiger partial charge on any atom is -0.478 e. The summed E-state index contributed by atoms with van der Waals surface area (Å²) in [5.41, 5.74) is 3.24. The van der Waals surface area contributed by atoms with Crippen LogP contribution in [0.15, 0.2) is 48.4 Å². The summed E-state index contributed by atoms with van der Waals surface area (Å²) in [7, 11) is 1.97. The highest BCUT2D eigenvalue weighted by atomic mass is 16.5. The summed E-state index contributed by atoms with van der Waals surface area (Å²) in [6, 6.07) is 13.3. The van der Waals surface area contributed by atoms with Crippen molar-refractivity contribution in [2.45, 2.75) is 6.92 Å². The molecule has 0 fully saturated rings. The third-order valence-electron chi connectivity index (χ3n) is 4.54. The van der Waals surface area contributed by atoms with Gasteiger partial charge in [-0.2, -0.15) is 5.26 Å². The number of rotatable bonds is 3. The van der Waals surface area contributed by atoms with Gasteiger partial charge in [0.1, 0.15) is 17.6 Å². The number of carbonyl (C=O) groups is 1. The van der Waals surface area contributed by atoms with E-state index in [1.54, 1.807) is 18.2 Å². The molecule has 1 aromatic heterocycles. The first-order valence-electron chi connectivity index (χ1n) is 8.22. The average molecular weight is 344 g/mol. The second kappa shape index (κ2) is 6.08. The van der Waals surface area contributed by atoms with Crippen molar-refractivity contribution < 1.29 is 14.3 Å². The summed E-state index contributed by atoms with van der Waals surface area (Å²) < 4.78 is 13.3. The van der Waals surface area contributed by atoms with Gasteiger partial charge in [-0.1, -0.05) is 18.2 Å². The molecule has 1 aliphatic heterocycles. The zero-order valence-electron chi connectivity index (χ0n) is 14.4. The Balaban J connectivity index is 1.75. The van der Waals surface area contributed by atoms with E-state index in [1.807, 2.05) is 55.1 Å². The molecule has 5 heteroatoms. The summed E-state index contributed by atoms with van der Waals surface area (Å²) in [4.78, 5) is 12.7. The predicted octanol–water partition coefficient (Wildman–Crippen LogP) is 4.01. The largest absolute Gasteiger partial charge is 0.478 e. The molecule has 0 radical (unpaired) electrons. The molecule has 4 rings (SSSR count). The van der Waals surface area contributed by atoms with Gasteiger partial charge in [0.05, 0.1) is 5.56 Å². The lowest BCUT2D eigenvalue weighted by atomic mass is 10.1. The molecule has 0 N–H and O–H groups in total. The maximum absolute atomic E-state index is 12.7. The molecule has 0 atom stereocenters. The number of fused-ring (bicyclic) bond motifs is 2. The molecule has 0 saturated carbocycles. The van der Waals surface area contributed by atoms with Crippen LogP contribution in [0.5, 0.6) is 11.5 Å². The lowest BCUT2D eigenvalue weighted by molar-refractivity contribution is 0.101. The molecule has 0 aliphatic carbocycles. The van der Waals surface area contributed by atoms with E-state index in [4.69, 9.17) is 14.7 Å². The highest BCUT2D eigenvalue weighted by molar-refractivity contribution is 6.15. The van der Waals surface area contributed by atoms with E-state index >= 15 is 0 Å². The van der Waals surface area contributed by atoms with Crippen molar-refractivity contribution in [3.05, 3.63) is 65.0 Å². The molecule has 0 saturated heterocycles. The first-order chi connectivity index (χ1) is 12.6. The third kappa shape index (κ3) is 2.44. The summed E-state index contributed by atoms with van der Waals surface area (Å²) in [5, 5.41) is 9.74. The fraction of sp³-hybridized carbons (Fsp3) is 0.143. The Morgan fingerprint density at radius 3 is 2.88 bits per heavy atom. The molecule has 0 unspecified atom stereocenters. The molecular weight excluding hydrogens is 328 g/mol. The fourth-order valence-corrected chi connectivity index (χ4v) is 3.26. The highest BCUT2D eigenvalue weighted by Gasteiger charge is 2.30. The van der Waals surface area contributed by atoms with Crippen molar-refractivity contribution in [1.29, 1.82) is 5.26 Å². The van der Waals surface area contributed by atoms with Crippen LogP contribution >= 0.6 is 0 Å². The number of hydrogen-bond acceptors (Lipinski definition) is 4. The van der Waals surface area contributed by atoms with Gasteiger partial charge in [0.25, 0.3) is 0 Å². The van der Waals surface area contributed by atoms with Gasteiger partial charge in [-0.25, -0.2) is 0 Å². The molecule has 0 amide bonds. The monoisotopic (exact) mass is 344 g/mol. The number of Topliss-reactive ketones (excluding diaryl/α,β-unsaturated/α-hetero) is 1. The fourth-order valence-electron chi connectivity index (χ4n) is 3.26. The molecule has 5 nitrogen and oxygen atoms in total. The molecule has 26 heavy (non-hydrogen) atoms. The van der Waals surface area contributed by atoms with E-state index in [9.17, 15) is 4.79 Å². The van der Waals surface area contributed by atoms with Crippen molar-refractivity contribution >= 4 is 22.8 Å². The van der Waals surface area contributed by atoms with Gasteiger partial charge in [-0.3, -0.25) is 4.79 Å². The third-order valence-corrected chi connectivity index (χ3v) is 4.54. The van der Waals surface area contributed by atoms with Crippen LogP contribution in [0.2, 0.25) is 0 Å². The average Bonchev–Trinajstić information content (AvgIpc) is 3.14. The number of benzene rings is 2. The van der Waals surface area contributed by atoms with Crippen molar-refractivity contribution in [2.75, 3.05) is 6.61 Å². The Morgan fingerprint density at radius 1 is 1.27 bits per heavy atom. The normalized spacial score (nSPS) is 14.3. The molecule has 0 bridgehead atoms. The standard InChI is InChI=1S/C21H16N2O3/c1-13-18(25-10-9-22)8-7-16-20(24)19(26-21(13)16)11-14-12-23(2)17-6-4-3-5-15(14)17/h3-8,11-12H,10H2,1-2H3/b19-11-. The van der Waals surface area contributed by atoms with Crippen molar-refractivity contribution in [1.82, 2.24) is 4.57 Å². The minimum atomic E-state index is -0.150. The van der Waals surface area contributed by atoms with Gasteiger partial charge in [-0.05, 0) is 31.2 Å². The first-order valence-corrected chi connectivity index (χ1v) is 8.22. The molecular formula is C21H16N2O3. The van der Waals surface area contributed by atoms with Gasteiger partial charge >= 0.3 is 0 Å². The Hall–Kier alpha value is -3.52. The summed E-state index contributed by atoms with van der Waals surface area (Å²) in [5.74, 6) is 1.18. The van der Waals surface area contributed by atoms with Gasteiger partial charge < -0.3 is 14.0 Å². The topological polar surface area (TPSA) is 64.2 Å². The minimum absolute atomic E-state index is 0.0493. The van der Waals surface area contributed by atoms with Crippen LogP contribution in [-0.4, -0.2) is 17.0 Å². The van der Waals surface area contributed by atoms with Gasteiger partial charge in [0.15, 0.2) is 12.4 Å². The number of carbonyl (C=O) groups excluding carboxylic acids is 1. The molecule has 1 aliphatic rings. The maximum Gasteiger partial charge on any atom is 0.231 e. The summed E-state index contributed by atoms with van der Waals surface area (Å²) in [6.45, 7) is 1.77. The van der Waals surface area contributed by atoms with E-state index in [1.165, 1.54) is 0 Å². The number of para-hydroxylation sites is 1. The second-order valence-corrected chi connectivity index (χ2v) is 6.16. The lowest BCUT2D eigenvalue weighted by Crippen LogP contribution is -1.98. The zero-order valence-corrected chi connectivity index (χ0v) is 14.4. The first kappa shape index (κ1) is 16.0. The van der Waals surface area contributed by atoms with Crippen LogP contribution < -0.4 is 9.47 Å². The zero-order chi connectivity index (χ0) is 18.3. The Bertz CT molecular complexity index is 1120.